The second kappa shape index (κ2) is 6.69. The largest absolute Gasteiger partial charge is 0.492 e. The third-order valence-electron chi connectivity index (χ3n) is 2.74. The maximum atomic E-state index is 13.3. The summed E-state index contributed by atoms with van der Waals surface area (Å²) in [5.74, 6) is -1.87. The van der Waals surface area contributed by atoms with Crippen LogP contribution >= 0.6 is 0 Å². The third-order valence-corrected chi connectivity index (χ3v) is 2.74. The van der Waals surface area contributed by atoms with Gasteiger partial charge in [0.05, 0.1) is 5.56 Å². The van der Waals surface area contributed by atoms with Crippen molar-refractivity contribution in [2.75, 3.05) is 18.5 Å². The highest BCUT2D eigenvalue weighted by Gasteiger charge is 2.07. The van der Waals surface area contributed by atoms with Gasteiger partial charge in [-0.15, -0.1) is 0 Å². The van der Waals surface area contributed by atoms with Crippen LogP contribution in [0.15, 0.2) is 42.5 Å². The predicted molar refractivity (Wildman–Crippen MR) is 73.7 cm³/mol. The zero-order valence-electron chi connectivity index (χ0n) is 11.0. The van der Waals surface area contributed by atoms with Gasteiger partial charge in [-0.25, -0.2) is 13.6 Å². The summed E-state index contributed by atoms with van der Waals surface area (Å²) in [6.07, 6.45) is 0. The number of aromatic carboxylic acids is 1. The molecule has 0 unspecified atom stereocenters. The van der Waals surface area contributed by atoms with E-state index in [1.165, 1.54) is 30.3 Å². The van der Waals surface area contributed by atoms with E-state index in [9.17, 15) is 13.6 Å². The molecule has 0 saturated heterocycles. The summed E-state index contributed by atoms with van der Waals surface area (Å²) in [7, 11) is 0. The number of carbonyl (C=O) groups is 1. The smallest absolute Gasteiger partial charge is 0.335 e. The lowest BCUT2D eigenvalue weighted by Gasteiger charge is -2.10. The number of carboxylic acids is 1. The number of carboxylic acid groups (broad SMARTS) is 1. The highest BCUT2D eigenvalue weighted by Crippen LogP contribution is 2.17. The summed E-state index contributed by atoms with van der Waals surface area (Å²) in [5, 5.41) is 11.4. The topological polar surface area (TPSA) is 58.6 Å². The van der Waals surface area contributed by atoms with Crippen LogP contribution in [0.4, 0.5) is 14.5 Å². The van der Waals surface area contributed by atoms with Gasteiger partial charge in [0.2, 0.25) is 0 Å². The zero-order chi connectivity index (χ0) is 15.2. The van der Waals surface area contributed by atoms with Gasteiger partial charge in [0.15, 0.2) is 0 Å². The number of rotatable bonds is 6. The molecular weight excluding hydrogens is 280 g/mol. The first kappa shape index (κ1) is 14.8. The molecule has 2 N–H and O–H groups in total. The minimum Gasteiger partial charge on any atom is -0.492 e. The first-order valence-electron chi connectivity index (χ1n) is 6.22. The molecule has 0 spiro atoms. The van der Waals surface area contributed by atoms with Crippen molar-refractivity contribution in [1.29, 1.82) is 0 Å². The number of hydrogen-bond donors (Lipinski definition) is 2. The summed E-state index contributed by atoms with van der Waals surface area (Å²) in [5.41, 5.74) is -0.0313. The SMILES string of the molecule is O=C(O)c1ccc(OCCNc2c(F)cccc2F)cc1. The third kappa shape index (κ3) is 3.92. The lowest BCUT2D eigenvalue weighted by molar-refractivity contribution is 0.0697. The lowest BCUT2D eigenvalue weighted by atomic mass is 10.2. The highest BCUT2D eigenvalue weighted by atomic mass is 19.1. The van der Waals surface area contributed by atoms with E-state index in [0.717, 1.165) is 12.1 Å². The molecule has 0 bridgehead atoms. The van der Waals surface area contributed by atoms with Gasteiger partial charge in [0, 0.05) is 6.54 Å². The average Bonchev–Trinajstić information content (AvgIpc) is 2.46. The van der Waals surface area contributed by atoms with Crippen molar-refractivity contribution in [3.63, 3.8) is 0 Å². The number of halogens is 2. The summed E-state index contributed by atoms with van der Waals surface area (Å²) in [4.78, 5) is 10.7. The van der Waals surface area contributed by atoms with Gasteiger partial charge in [-0.3, -0.25) is 0 Å². The molecule has 2 aromatic rings. The van der Waals surface area contributed by atoms with Crippen molar-refractivity contribution in [3.05, 3.63) is 59.7 Å². The van der Waals surface area contributed by atoms with E-state index in [-0.39, 0.29) is 24.4 Å². The van der Waals surface area contributed by atoms with Crippen LogP contribution in [0.25, 0.3) is 0 Å². The van der Waals surface area contributed by atoms with Crippen molar-refractivity contribution in [2.45, 2.75) is 0 Å². The standard InChI is InChI=1S/C15H13F2NO3/c16-12-2-1-3-13(17)14(12)18-8-9-21-11-6-4-10(5-7-11)15(19)20/h1-7,18H,8-9H2,(H,19,20). The Morgan fingerprint density at radius 1 is 1.10 bits per heavy atom. The molecule has 21 heavy (non-hydrogen) atoms. The molecule has 0 fully saturated rings. The Morgan fingerprint density at radius 3 is 2.29 bits per heavy atom. The normalized spacial score (nSPS) is 10.2. The number of ether oxygens (including phenoxy) is 1. The monoisotopic (exact) mass is 293 g/mol. The molecule has 0 aromatic heterocycles. The number of anilines is 1. The summed E-state index contributed by atoms with van der Waals surface area (Å²) in [6, 6.07) is 9.49. The highest BCUT2D eigenvalue weighted by molar-refractivity contribution is 5.87. The fraction of sp³-hybridized carbons (Fsp3) is 0.133. The van der Waals surface area contributed by atoms with Crippen molar-refractivity contribution in [1.82, 2.24) is 0 Å². The molecule has 0 radical (unpaired) electrons. The van der Waals surface area contributed by atoms with E-state index in [2.05, 4.69) is 5.32 Å². The Balaban J connectivity index is 1.83. The fourth-order valence-electron chi connectivity index (χ4n) is 1.71. The van der Waals surface area contributed by atoms with Crippen LogP contribution in [0, 0.1) is 11.6 Å². The molecule has 4 nitrogen and oxygen atoms in total. The molecule has 0 saturated carbocycles. The molecule has 0 amide bonds. The Hall–Kier alpha value is -2.63. The quantitative estimate of drug-likeness (QED) is 0.803. The van der Waals surface area contributed by atoms with Gasteiger partial charge >= 0.3 is 5.97 Å². The van der Waals surface area contributed by atoms with Crippen molar-refractivity contribution in [3.8, 4) is 5.75 Å². The van der Waals surface area contributed by atoms with Crippen molar-refractivity contribution >= 4 is 11.7 Å². The number of hydrogen-bond acceptors (Lipinski definition) is 3. The number of benzene rings is 2. The molecule has 0 heterocycles. The van der Waals surface area contributed by atoms with E-state index >= 15 is 0 Å². The maximum Gasteiger partial charge on any atom is 0.335 e. The number of para-hydroxylation sites is 1. The second-order valence-electron chi connectivity index (χ2n) is 4.20. The van der Waals surface area contributed by atoms with Crippen LogP contribution in [-0.4, -0.2) is 24.2 Å². The molecule has 0 aliphatic rings. The zero-order valence-corrected chi connectivity index (χ0v) is 11.0. The Morgan fingerprint density at radius 2 is 1.71 bits per heavy atom. The van der Waals surface area contributed by atoms with Crippen molar-refractivity contribution < 1.29 is 23.4 Å². The summed E-state index contributed by atoms with van der Waals surface area (Å²) >= 11 is 0. The van der Waals surface area contributed by atoms with Gasteiger partial charge in [0.1, 0.15) is 29.7 Å². The van der Waals surface area contributed by atoms with Crippen molar-refractivity contribution in [2.24, 2.45) is 0 Å². The van der Waals surface area contributed by atoms with Crippen LogP contribution in [0.3, 0.4) is 0 Å². The van der Waals surface area contributed by atoms with Crippen LogP contribution in [0.1, 0.15) is 10.4 Å². The van der Waals surface area contributed by atoms with E-state index < -0.39 is 17.6 Å². The molecule has 0 aliphatic carbocycles. The molecule has 6 heteroatoms. The van der Waals surface area contributed by atoms with Crippen LogP contribution < -0.4 is 10.1 Å². The first-order valence-corrected chi connectivity index (χ1v) is 6.22. The van der Waals surface area contributed by atoms with Crippen LogP contribution in [-0.2, 0) is 0 Å². The van der Waals surface area contributed by atoms with E-state index in [1.54, 1.807) is 0 Å². The maximum absolute atomic E-state index is 13.3. The van der Waals surface area contributed by atoms with Gasteiger partial charge < -0.3 is 15.2 Å². The van der Waals surface area contributed by atoms with Gasteiger partial charge in [-0.2, -0.15) is 0 Å². The van der Waals surface area contributed by atoms with Crippen LogP contribution in [0.2, 0.25) is 0 Å². The molecule has 2 aromatic carbocycles. The van der Waals surface area contributed by atoms with E-state index in [1.807, 2.05) is 0 Å². The molecule has 0 atom stereocenters. The number of nitrogens with one attached hydrogen (secondary N) is 1. The minimum absolute atomic E-state index is 0.161. The molecule has 0 aliphatic heterocycles. The molecule has 110 valence electrons. The molecule has 2 rings (SSSR count). The summed E-state index contributed by atoms with van der Waals surface area (Å²) < 4.78 is 32.0. The second-order valence-corrected chi connectivity index (χ2v) is 4.20. The van der Waals surface area contributed by atoms with Crippen LogP contribution in [0.5, 0.6) is 5.75 Å². The van der Waals surface area contributed by atoms with Gasteiger partial charge in [0.25, 0.3) is 0 Å². The lowest BCUT2D eigenvalue weighted by Crippen LogP contribution is -2.13. The molecular formula is C15H13F2NO3. The average molecular weight is 293 g/mol. The minimum atomic E-state index is -1.02. The van der Waals surface area contributed by atoms with Gasteiger partial charge in [-0.05, 0) is 36.4 Å². The predicted octanol–water partition coefficient (Wildman–Crippen LogP) is 3.15. The van der Waals surface area contributed by atoms with Gasteiger partial charge in [-0.1, -0.05) is 6.07 Å². The Kier molecular flexibility index (Phi) is 4.71. The van der Waals surface area contributed by atoms with E-state index in [4.69, 9.17) is 9.84 Å². The summed E-state index contributed by atoms with van der Waals surface area (Å²) in [6.45, 7) is 0.388. The Labute approximate surface area is 120 Å². The first-order chi connectivity index (χ1) is 10.1. The fourth-order valence-corrected chi connectivity index (χ4v) is 1.71. The Bertz CT molecular complexity index is 609. The van der Waals surface area contributed by atoms with E-state index in [0.29, 0.717) is 5.75 Å².